The summed E-state index contributed by atoms with van der Waals surface area (Å²) in [4.78, 5) is 27.3. The molecule has 0 radical (unpaired) electrons. The lowest BCUT2D eigenvalue weighted by Gasteiger charge is -2.38. The zero-order valence-electron chi connectivity index (χ0n) is 25.1. The van der Waals surface area contributed by atoms with E-state index in [0.717, 1.165) is 42.9 Å². The molecule has 4 fully saturated rings. The number of pyridine rings is 1. The smallest absolute Gasteiger partial charge is 0.439 e. The normalized spacial score (nSPS) is 24.7. The van der Waals surface area contributed by atoms with Crippen LogP contribution in [0.4, 0.5) is 5.95 Å². The highest BCUT2D eigenvalue weighted by Crippen LogP contribution is 2.57. The van der Waals surface area contributed by atoms with Gasteiger partial charge >= 0.3 is 5.76 Å². The Bertz CT molecular complexity index is 1600. The lowest BCUT2D eigenvalue weighted by molar-refractivity contribution is 0.0956. The molecule has 5 aliphatic rings. The Hall–Kier alpha value is -3.40. The number of hydrogen-bond acceptors (Lipinski definition) is 8. The van der Waals surface area contributed by atoms with Crippen molar-refractivity contribution in [2.75, 3.05) is 24.7 Å². The van der Waals surface area contributed by atoms with Crippen LogP contribution >= 0.6 is 0 Å². The Balaban J connectivity index is 1.25. The van der Waals surface area contributed by atoms with Gasteiger partial charge in [0.05, 0.1) is 24.8 Å². The highest BCUT2D eigenvalue weighted by Gasteiger charge is 2.45. The monoisotopic (exact) mass is 586 g/mol. The highest BCUT2D eigenvalue weighted by atomic mass is 16.5. The molecule has 3 aromatic heterocycles. The van der Waals surface area contributed by atoms with Crippen LogP contribution in [0.25, 0.3) is 22.6 Å². The van der Waals surface area contributed by atoms with E-state index in [-0.39, 0.29) is 18.0 Å². The molecule has 10 heteroatoms. The number of nitrogens with one attached hydrogen (secondary N) is 1. The van der Waals surface area contributed by atoms with Crippen LogP contribution in [0.15, 0.2) is 39.2 Å². The summed E-state index contributed by atoms with van der Waals surface area (Å²) in [7, 11) is 0. The lowest BCUT2D eigenvalue weighted by atomic mass is 9.80. The lowest BCUT2D eigenvalue weighted by Crippen LogP contribution is -2.48. The van der Waals surface area contributed by atoms with Gasteiger partial charge in [0.15, 0.2) is 0 Å². The number of morpholine rings is 1. The quantitative estimate of drug-likeness (QED) is 0.353. The maximum Gasteiger partial charge on any atom is 0.439 e. The number of nitrogens with zero attached hydrogens (tertiary/aromatic N) is 5. The molecule has 3 saturated carbocycles. The van der Waals surface area contributed by atoms with Gasteiger partial charge in [-0.3, -0.25) is 9.51 Å². The fourth-order valence-electron chi connectivity index (χ4n) is 7.63. The van der Waals surface area contributed by atoms with E-state index in [1.54, 1.807) is 0 Å². The van der Waals surface area contributed by atoms with Crippen LogP contribution in [0.2, 0.25) is 0 Å². The van der Waals surface area contributed by atoms with Gasteiger partial charge < -0.3 is 18.9 Å². The standard InChI is InChI=1S/C33H42N6O4/c1-21(23-8-5-9-23)42-30-28-25(18-26(34-30)29-36-32(40)43-37-29)35-31(39(28)19-22-10-12-33(13-11-22)14-15-33)38-16-17-41-20-27(38)24-6-3-2-4-7-24/h3,6-7,18,21-23,27H,2,4-5,8-17,19-20H2,1H3,(H,36,37,40)/t21?,27-/m0/s1. The first-order valence-electron chi connectivity index (χ1n) is 16.4. The minimum Gasteiger partial charge on any atom is -0.473 e. The van der Waals surface area contributed by atoms with E-state index in [1.807, 2.05) is 6.07 Å². The molecule has 10 nitrogen and oxygen atoms in total. The van der Waals surface area contributed by atoms with Crippen molar-refractivity contribution in [1.29, 1.82) is 0 Å². The molecule has 1 N–H and O–H groups in total. The predicted molar refractivity (Wildman–Crippen MR) is 163 cm³/mol. The summed E-state index contributed by atoms with van der Waals surface area (Å²) in [6.45, 7) is 5.10. The number of aromatic nitrogens is 5. The van der Waals surface area contributed by atoms with Gasteiger partial charge in [-0.2, -0.15) is 0 Å². The van der Waals surface area contributed by atoms with Gasteiger partial charge in [0.25, 0.3) is 0 Å². The SMILES string of the molecule is CC(Oc1nc(-c2noc(=O)[nH]2)cc2nc(N3CCOC[C@H]3C3=CCCC=C3)n(CC3CCC4(CC3)CC4)c12)C1CCC1. The summed E-state index contributed by atoms with van der Waals surface area (Å²) in [5.74, 6) is 2.29. The summed E-state index contributed by atoms with van der Waals surface area (Å²) in [6, 6.07) is 2.01. The molecule has 1 unspecified atom stereocenters. The highest BCUT2D eigenvalue weighted by molar-refractivity contribution is 5.86. The van der Waals surface area contributed by atoms with Crippen LogP contribution in [0.3, 0.4) is 0 Å². The largest absolute Gasteiger partial charge is 0.473 e. The molecule has 43 heavy (non-hydrogen) atoms. The van der Waals surface area contributed by atoms with Crippen LogP contribution in [0.1, 0.15) is 77.6 Å². The molecule has 8 rings (SSSR count). The van der Waals surface area contributed by atoms with Crippen molar-refractivity contribution in [3.05, 3.63) is 40.4 Å². The van der Waals surface area contributed by atoms with E-state index in [4.69, 9.17) is 24.0 Å². The first-order valence-corrected chi connectivity index (χ1v) is 16.4. The van der Waals surface area contributed by atoms with Gasteiger partial charge in [0, 0.05) is 13.1 Å². The van der Waals surface area contributed by atoms with Crippen molar-refractivity contribution in [3.8, 4) is 17.4 Å². The molecule has 4 heterocycles. The molecule has 4 aliphatic carbocycles. The molecule has 228 valence electrons. The number of anilines is 1. The zero-order valence-corrected chi connectivity index (χ0v) is 25.1. The molecule has 1 saturated heterocycles. The third kappa shape index (κ3) is 5.21. The first kappa shape index (κ1) is 27.2. The number of aromatic amines is 1. The molecule has 1 spiro atoms. The van der Waals surface area contributed by atoms with Gasteiger partial charge in [-0.05, 0) is 100 Å². The third-order valence-corrected chi connectivity index (χ3v) is 10.8. The van der Waals surface area contributed by atoms with Gasteiger partial charge in [-0.25, -0.2) is 14.8 Å². The fraction of sp³-hybridized carbons (Fsp3) is 0.636. The maximum absolute atomic E-state index is 11.9. The third-order valence-electron chi connectivity index (χ3n) is 10.8. The average molecular weight is 587 g/mol. The Morgan fingerprint density at radius 2 is 2.00 bits per heavy atom. The molecule has 0 amide bonds. The van der Waals surface area contributed by atoms with E-state index >= 15 is 0 Å². The molecular formula is C33H42N6O4. The van der Waals surface area contributed by atoms with E-state index in [0.29, 0.717) is 42.0 Å². The minimum absolute atomic E-state index is 0.0286. The van der Waals surface area contributed by atoms with E-state index < -0.39 is 5.76 Å². The molecule has 2 atom stereocenters. The second kappa shape index (κ2) is 10.9. The van der Waals surface area contributed by atoms with Gasteiger partial charge in [0.2, 0.25) is 17.7 Å². The zero-order chi connectivity index (χ0) is 29.0. The number of rotatable bonds is 8. The Labute approximate surface area is 251 Å². The number of fused-ring (bicyclic) bond motifs is 1. The Morgan fingerprint density at radius 1 is 1.14 bits per heavy atom. The molecular weight excluding hydrogens is 544 g/mol. The first-order chi connectivity index (χ1) is 21.1. The molecule has 1 aliphatic heterocycles. The number of imidazole rings is 1. The second-order valence-corrected chi connectivity index (χ2v) is 13.6. The van der Waals surface area contributed by atoms with E-state index in [1.165, 1.54) is 63.4 Å². The fourth-order valence-corrected chi connectivity index (χ4v) is 7.63. The van der Waals surface area contributed by atoms with E-state index in [2.05, 4.69) is 44.8 Å². The van der Waals surface area contributed by atoms with Crippen molar-refractivity contribution < 1.29 is 14.0 Å². The van der Waals surface area contributed by atoms with Crippen LogP contribution < -0.4 is 15.4 Å². The number of allylic oxidation sites excluding steroid dienone is 2. The second-order valence-electron chi connectivity index (χ2n) is 13.6. The summed E-state index contributed by atoms with van der Waals surface area (Å²) >= 11 is 0. The summed E-state index contributed by atoms with van der Waals surface area (Å²) < 4.78 is 20.0. The Morgan fingerprint density at radius 3 is 2.70 bits per heavy atom. The number of H-pyrrole nitrogens is 1. The number of ether oxygens (including phenoxy) is 2. The predicted octanol–water partition coefficient (Wildman–Crippen LogP) is 5.79. The average Bonchev–Trinajstić information content (AvgIpc) is 3.43. The van der Waals surface area contributed by atoms with Crippen LogP contribution in [-0.4, -0.2) is 56.6 Å². The van der Waals surface area contributed by atoms with Crippen molar-refractivity contribution in [3.63, 3.8) is 0 Å². The van der Waals surface area contributed by atoms with Crippen LogP contribution in [0, 0.1) is 17.3 Å². The van der Waals surface area contributed by atoms with Crippen molar-refractivity contribution >= 4 is 17.0 Å². The van der Waals surface area contributed by atoms with Gasteiger partial charge in [-0.15, -0.1) is 0 Å². The van der Waals surface area contributed by atoms with Crippen LogP contribution in [-0.2, 0) is 11.3 Å². The van der Waals surface area contributed by atoms with Crippen LogP contribution in [0.5, 0.6) is 5.88 Å². The Kier molecular flexibility index (Phi) is 6.92. The van der Waals surface area contributed by atoms with Crippen molar-refractivity contribution in [2.45, 2.75) is 96.2 Å². The molecule has 3 aromatic rings. The van der Waals surface area contributed by atoms with Crippen molar-refractivity contribution in [1.82, 2.24) is 24.7 Å². The molecule has 0 aromatic carbocycles. The summed E-state index contributed by atoms with van der Waals surface area (Å²) in [6.07, 6.45) is 20.6. The number of hydrogen-bond donors (Lipinski definition) is 1. The summed E-state index contributed by atoms with van der Waals surface area (Å²) in [5, 5.41) is 3.94. The topological polar surface area (TPSA) is 111 Å². The molecule has 0 bridgehead atoms. The van der Waals surface area contributed by atoms with Gasteiger partial charge in [0.1, 0.15) is 17.3 Å². The summed E-state index contributed by atoms with van der Waals surface area (Å²) in [5.41, 5.74) is 4.17. The minimum atomic E-state index is -0.607. The van der Waals surface area contributed by atoms with Gasteiger partial charge in [-0.1, -0.05) is 29.8 Å². The maximum atomic E-state index is 11.9. The van der Waals surface area contributed by atoms with E-state index in [9.17, 15) is 4.79 Å². The van der Waals surface area contributed by atoms with Crippen molar-refractivity contribution in [2.24, 2.45) is 17.3 Å².